The van der Waals surface area contributed by atoms with Gasteiger partial charge in [-0.3, -0.25) is 0 Å². The molecule has 7 aliphatic rings. The number of fused-ring (bicyclic) bond motifs is 8. The SMILES string of the molecule is CC1=CCC2C(CC[C@]3(C)C(C)C([C@H](CCCC(C)C)C4CCC5C6CC=C7C[C@@H](C)CC[C@]7(C)C6CC[C@@]54C)CC23)C1(C)C. The Morgan fingerprint density at radius 3 is 2.18 bits per heavy atom. The minimum atomic E-state index is 0.397. The van der Waals surface area contributed by atoms with Gasteiger partial charge in [-0.25, -0.2) is 0 Å². The van der Waals surface area contributed by atoms with Gasteiger partial charge in [-0.15, -0.1) is 0 Å². The first-order chi connectivity index (χ1) is 21.2. The predicted octanol–water partition coefficient (Wildman–Crippen LogP) is 13.3. The molecule has 5 saturated carbocycles. The van der Waals surface area contributed by atoms with E-state index in [-0.39, 0.29) is 0 Å². The minimum Gasteiger partial charge on any atom is -0.0848 e. The van der Waals surface area contributed by atoms with Crippen molar-refractivity contribution in [2.45, 2.75) is 166 Å². The summed E-state index contributed by atoms with van der Waals surface area (Å²) in [4.78, 5) is 0. The molecule has 0 aromatic carbocycles. The van der Waals surface area contributed by atoms with Gasteiger partial charge in [0.05, 0.1) is 0 Å². The Balaban J connectivity index is 1.17. The van der Waals surface area contributed by atoms with E-state index in [1.165, 1.54) is 77.0 Å². The Bertz CT molecular complexity index is 1170. The van der Waals surface area contributed by atoms with Gasteiger partial charge in [0.25, 0.3) is 0 Å². The maximum absolute atomic E-state index is 2.87. The van der Waals surface area contributed by atoms with Gasteiger partial charge >= 0.3 is 0 Å². The molecule has 0 aliphatic heterocycles. The topological polar surface area (TPSA) is 0 Å². The molecule has 0 amide bonds. The normalized spacial score (nSPS) is 50.9. The number of allylic oxidation sites excluding steroid dienone is 4. The molecule has 7 aliphatic carbocycles. The van der Waals surface area contributed by atoms with Crippen LogP contribution in [0.15, 0.2) is 23.3 Å². The van der Waals surface area contributed by atoms with Crippen molar-refractivity contribution in [1.29, 1.82) is 0 Å². The third-order valence-corrected chi connectivity index (χ3v) is 18.5. The van der Waals surface area contributed by atoms with E-state index >= 15 is 0 Å². The highest BCUT2D eigenvalue weighted by Crippen LogP contribution is 2.71. The molecule has 254 valence electrons. The Labute approximate surface area is 280 Å². The van der Waals surface area contributed by atoms with Gasteiger partial charge in [0, 0.05) is 0 Å². The van der Waals surface area contributed by atoms with Gasteiger partial charge in [0.1, 0.15) is 0 Å². The van der Waals surface area contributed by atoms with E-state index in [9.17, 15) is 0 Å². The summed E-state index contributed by atoms with van der Waals surface area (Å²) in [6, 6.07) is 0. The average Bonchev–Trinajstić information content (AvgIpc) is 3.47. The zero-order valence-electron chi connectivity index (χ0n) is 31.7. The van der Waals surface area contributed by atoms with Gasteiger partial charge in [0.2, 0.25) is 0 Å². The lowest BCUT2D eigenvalue weighted by atomic mass is 9.46. The summed E-state index contributed by atoms with van der Waals surface area (Å²) in [6.45, 7) is 26.2. The number of hydrogen-bond acceptors (Lipinski definition) is 0. The Hall–Kier alpha value is -0.520. The maximum atomic E-state index is 2.87. The molecule has 14 atom stereocenters. The zero-order valence-corrected chi connectivity index (χ0v) is 31.7. The molecule has 0 bridgehead atoms. The van der Waals surface area contributed by atoms with Crippen LogP contribution in [0.3, 0.4) is 0 Å². The van der Waals surface area contributed by atoms with Crippen LogP contribution in [0, 0.1) is 92.7 Å². The van der Waals surface area contributed by atoms with Crippen molar-refractivity contribution < 1.29 is 0 Å². The minimum absolute atomic E-state index is 0.397. The lowest BCUT2D eigenvalue weighted by Gasteiger charge is -2.59. The molecule has 0 aromatic rings. The van der Waals surface area contributed by atoms with Crippen LogP contribution in [0.5, 0.6) is 0 Å². The molecule has 45 heavy (non-hydrogen) atoms. The second-order valence-corrected chi connectivity index (χ2v) is 20.8. The van der Waals surface area contributed by atoms with Gasteiger partial charge in [-0.2, -0.15) is 0 Å². The largest absolute Gasteiger partial charge is 0.0848 e. The highest BCUT2D eigenvalue weighted by atomic mass is 14.7. The molecule has 0 heterocycles. The molecule has 9 unspecified atom stereocenters. The van der Waals surface area contributed by atoms with E-state index in [1.807, 2.05) is 5.57 Å². The van der Waals surface area contributed by atoms with E-state index in [0.29, 0.717) is 21.7 Å². The molecule has 5 fully saturated rings. The smallest absolute Gasteiger partial charge is 0.00851 e. The standard InChI is InChI=1S/C45H74/c1-28(2)12-11-13-33(36-27-41-34-16-14-30(4)42(6,7)37(34)21-24-43(41,8)31(36)5)38-18-19-39-35-17-15-32-26-29(3)20-23-44(32,9)40(35)22-25-45(38,39)10/h14-15,28-29,31,33-41H,11-13,16-27H2,1-10H3/t29-,31?,33-,34?,35?,36?,37?,38?,39?,40?,41?,43+,44-,45+/m0/s1. The molecule has 0 aromatic heterocycles. The molecule has 0 radical (unpaired) electrons. The van der Waals surface area contributed by atoms with Crippen LogP contribution in [0.25, 0.3) is 0 Å². The first-order valence-corrected chi connectivity index (χ1v) is 20.6. The lowest BCUT2D eigenvalue weighted by Crippen LogP contribution is -2.51. The van der Waals surface area contributed by atoms with Crippen LogP contribution in [0.2, 0.25) is 0 Å². The third kappa shape index (κ3) is 4.99. The van der Waals surface area contributed by atoms with E-state index in [0.717, 1.165) is 71.0 Å². The lowest BCUT2D eigenvalue weighted by molar-refractivity contribution is -0.0625. The molecule has 0 saturated heterocycles. The highest BCUT2D eigenvalue weighted by Gasteiger charge is 2.63. The van der Waals surface area contributed by atoms with Crippen molar-refractivity contribution in [2.24, 2.45) is 92.7 Å². The van der Waals surface area contributed by atoms with Gasteiger partial charge < -0.3 is 0 Å². The fraction of sp³-hybridized carbons (Fsp3) is 0.911. The summed E-state index contributed by atoms with van der Waals surface area (Å²) >= 11 is 0. The maximum Gasteiger partial charge on any atom is -0.00851 e. The van der Waals surface area contributed by atoms with Crippen molar-refractivity contribution in [1.82, 2.24) is 0 Å². The highest BCUT2D eigenvalue weighted by molar-refractivity contribution is 5.25. The van der Waals surface area contributed by atoms with Crippen molar-refractivity contribution >= 4 is 0 Å². The second kappa shape index (κ2) is 11.5. The Morgan fingerprint density at radius 2 is 1.42 bits per heavy atom. The quantitative estimate of drug-likeness (QED) is 0.261. The summed E-state index contributed by atoms with van der Waals surface area (Å²) < 4.78 is 0. The summed E-state index contributed by atoms with van der Waals surface area (Å²) in [5.74, 6) is 11.2. The van der Waals surface area contributed by atoms with Crippen molar-refractivity contribution in [3.8, 4) is 0 Å². The predicted molar refractivity (Wildman–Crippen MR) is 194 cm³/mol. The number of rotatable bonds is 6. The van der Waals surface area contributed by atoms with Crippen LogP contribution in [0.1, 0.15) is 166 Å². The van der Waals surface area contributed by atoms with E-state index in [2.05, 4.69) is 81.4 Å². The summed E-state index contributed by atoms with van der Waals surface area (Å²) in [5, 5.41) is 0. The van der Waals surface area contributed by atoms with Gasteiger partial charge in [0.15, 0.2) is 0 Å². The Morgan fingerprint density at radius 1 is 0.733 bits per heavy atom. The first-order valence-electron chi connectivity index (χ1n) is 20.6. The zero-order chi connectivity index (χ0) is 32.1. The van der Waals surface area contributed by atoms with Gasteiger partial charge in [-0.1, -0.05) is 98.5 Å². The molecular weight excluding hydrogens is 540 g/mol. The van der Waals surface area contributed by atoms with Crippen LogP contribution in [-0.4, -0.2) is 0 Å². The summed E-state index contributed by atoms with van der Waals surface area (Å²) in [5.41, 5.74) is 5.63. The van der Waals surface area contributed by atoms with E-state index in [4.69, 9.17) is 0 Å². The van der Waals surface area contributed by atoms with E-state index in [1.54, 1.807) is 24.8 Å². The molecule has 0 heteroatoms. The van der Waals surface area contributed by atoms with E-state index < -0.39 is 0 Å². The fourth-order valence-corrected chi connectivity index (χ4v) is 15.3. The molecule has 7 rings (SSSR count). The fourth-order valence-electron chi connectivity index (χ4n) is 15.3. The molecule has 0 spiro atoms. The third-order valence-electron chi connectivity index (χ3n) is 18.5. The Kier molecular flexibility index (Phi) is 8.46. The monoisotopic (exact) mass is 615 g/mol. The van der Waals surface area contributed by atoms with Crippen molar-refractivity contribution in [3.05, 3.63) is 23.3 Å². The van der Waals surface area contributed by atoms with Crippen LogP contribution >= 0.6 is 0 Å². The van der Waals surface area contributed by atoms with Crippen LogP contribution in [0.4, 0.5) is 0 Å². The average molecular weight is 615 g/mol. The van der Waals surface area contributed by atoms with Gasteiger partial charge in [-0.05, 0) is 183 Å². The van der Waals surface area contributed by atoms with Crippen LogP contribution in [-0.2, 0) is 0 Å². The second-order valence-electron chi connectivity index (χ2n) is 20.8. The summed E-state index contributed by atoms with van der Waals surface area (Å²) in [6.07, 6.45) is 27.7. The molecule has 0 nitrogen and oxygen atoms in total. The molecule has 0 N–H and O–H groups in total. The van der Waals surface area contributed by atoms with Crippen molar-refractivity contribution in [2.75, 3.05) is 0 Å². The number of hydrogen-bond donors (Lipinski definition) is 0. The van der Waals surface area contributed by atoms with Crippen LogP contribution < -0.4 is 0 Å². The first kappa shape index (κ1) is 33.0. The molecular formula is C45H74. The summed E-state index contributed by atoms with van der Waals surface area (Å²) in [7, 11) is 0. The van der Waals surface area contributed by atoms with Crippen molar-refractivity contribution in [3.63, 3.8) is 0 Å².